The molecule has 0 radical (unpaired) electrons. The maximum atomic E-state index is 12.3. The summed E-state index contributed by atoms with van der Waals surface area (Å²) in [7, 11) is 0. The number of para-hydroxylation sites is 2. The van der Waals surface area contributed by atoms with Crippen LogP contribution in [0.5, 0.6) is 5.75 Å². The van der Waals surface area contributed by atoms with Crippen molar-refractivity contribution >= 4 is 51.8 Å². The molecule has 3 aromatic rings. The van der Waals surface area contributed by atoms with Crippen molar-refractivity contribution in [2.24, 2.45) is 0 Å². The van der Waals surface area contributed by atoms with Crippen LogP contribution >= 0.6 is 34.4 Å². The standard InChI is InChI=1S/C19H18N2O3S3/c1-2-24-16-7-4-3-6-14(16)21-18(23)10-13-11-26-19(20-13)27-12-15(22)17-8-5-9-25-17/h3-9,11H,2,10,12H2,1H3,(H,21,23). The number of carbonyl (C=O) groups is 2. The number of ether oxygens (including phenoxy) is 1. The smallest absolute Gasteiger partial charge is 0.230 e. The lowest BCUT2D eigenvalue weighted by molar-refractivity contribution is -0.115. The Kier molecular flexibility index (Phi) is 7.03. The normalized spacial score (nSPS) is 10.6. The Morgan fingerprint density at radius 1 is 1.19 bits per heavy atom. The molecule has 2 aromatic heterocycles. The Balaban J connectivity index is 1.53. The van der Waals surface area contributed by atoms with Crippen LogP contribution < -0.4 is 10.1 Å². The van der Waals surface area contributed by atoms with Crippen LogP contribution in [-0.4, -0.2) is 29.0 Å². The molecule has 0 atom stereocenters. The van der Waals surface area contributed by atoms with Crippen molar-refractivity contribution in [2.45, 2.75) is 17.7 Å². The highest BCUT2D eigenvalue weighted by Gasteiger charge is 2.13. The molecule has 2 heterocycles. The number of ketones is 1. The molecule has 1 amide bonds. The van der Waals surface area contributed by atoms with Crippen LogP contribution in [0.15, 0.2) is 51.5 Å². The third-order valence-electron chi connectivity index (χ3n) is 3.46. The Morgan fingerprint density at radius 3 is 2.81 bits per heavy atom. The van der Waals surface area contributed by atoms with Gasteiger partial charge in [-0.05, 0) is 30.5 Å². The zero-order valence-corrected chi connectivity index (χ0v) is 17.1. The SMILES string of the molecule is CCOc1ccccc1NC(=O)Cc1csc(SCC(=O)c2cccs2)n1. The van der Waals surface area contributed by atoms with Crippen molar-refractivity contribution in [3.05, 3.63) is 57.7 Å². The topological polar surface area (TPSA) is 68.3 Å². The number of nitrogens with zero attached hydrogens (tertiary/aromatic N) is 1. The van der Waals surface area contributed by atoms with E-state index < -0.39 is 0 Å². The average Bonchev–Trinajstić information content (AvgIpc) is 3.33. The molecular weight excluding hydrogens is 400 g/mol. The molecule has 5 nitrogen and oxygen atoms in total. The van der Waals surface area contributed by atoms with E-state index in [2.05, 4.69) is 10.3 Å². The maximum absolute atomic E-state index is 12.3. The van der Waals surface area contributed by atoms with Gasteiger partial charge in [0.2, 0.25) is 5.91 Å². The number of thioether (sulfide) groups is 1. The first kappa shape index (κ1) is 19.6. The molecule has 0 aliphatic heterocycles. The van der Waals surface area contributed by atoms with Crippen molar-refractivity contribution in [1.82, 2.24) is 4.98 Å². The molecule has 0 saturated heterocycles. The van der Waals surface area contributed by atoms with Gasteiger partial charge in [-0.3, -0.25) is 9.59 Å². The number of hydrogen-bond donors (Lipinski definition) is 1. The second-order valence-corrected chi connectivity index (χ2v) is 8.48. The predicted molar refractivity (Wildman–Crippen MR) is 111 cm³/mol. The molecule has 0 aliphatic carbocycles. The first-order valence-corrected chi connectivity index (χ1v) is 11.1. The third kappa shape index (κ3) is 5.66. The number of aromatic nitrogens is 1. The number of anilines is 1. The molecular formula is C19H18N2O3S3. The van der Waals surface area contributed by atoms with Gasteiger partial charge in [0.25, 0.3) is 0 Å². The number of rotatable bonds is 9. The Bertz CT molecular complexity index is 907. The first-order chi connectivity index (χ1) is 13.2. The summed E-state index contributed by atoms with van der Waals surface area (Å²) in [6.07, 6.45) is 0.177. The molecule has 0 bridgehead atoms. The van der Waals surface area contributed by atoms with E-state index in [-0.39, 0.29) is 18.1 Å². The van der Waals surface area contributed by atoms with Crippen molar-refractivity contribution in [3.8, 4) is 5.75 Å². The van der Waals surface area contributed by atoms with Gasteiger partial charge in [0, 0.05) is 5.38 Å². The van der Waals surface area contributed by atoms with Gasteiger partial charge in [-0.25, -0.2) is 4.98 Å². The summed E-state index contributed by atoms with van der Waals surface area (Å²) >= 11 is 4.29. The van der Waals surface area contributed by atoms with Crippen molar-refractivity contribution in [2.75, 3.05) is 17.7 Å². The minimum atomic E-state index is -0.154. The van der Waals surface area contributed by atoms with Crippen LogP contribution in [0.3, 0.4) is 0 Å². The van der Waals surface area contributed by atoms with Gasteiger partial charge in [-0.2, -0.15) is 0 Å². The molecule has 0 fully saturated rings. The van der Waals surface area contributed by atoms with Crippen LogP contribution in [0.25, 0.3) is 0 Å². The maximum Gasteiger partial charge on any atom is 0.230 e. The molecule has 0 aliphatic rings. The van der Waals surface area contributed by atoms with Crippen molar-refractivity contribution in [1.29, 1.82) is 0 Å². The van der Waals surface area contributed by atoms with E-state index in [4.69, 9.17) is 4.74 Å². The highest BCUT2D eigenvalue weighted by atomic mass is 32.2. The second-order valence-electron chi connectivity index (χ2n) is 5.45. The zero-order valence-electron chi connectivity index (χ0n) is 14.6. The summed E-state index contributed by atoms with van der Waals surface area (Å²) in [4.78, 5) is 29.6. The molecule has 27 heavy (non-hydrogen) atoms. The number of thiazole rings is 1. The highest BCUT2D eigenvalue weighted by Crippen LogP contribution is 2.26. The van der Waals surface area contributed by atoms with Crippen LogP contribution in [-0.2, 0) is 11.2 Å². The fourth-order valence-electron chi connectivity index (χ4n) is 2.28. The van der Waals surface area contributed by atoms with E-state index in [1.807, 2.05) is 48.0 Å². The summed E-state index contributed by atoms with van der Waals surface area (Å²) in [6, 6.07) is 11.0. The first-order valence-electron chi connectivity index (χ1n) is 8.31. The molecule has 8 heteroatoms. The lowest BCUT2D eigenvalue weighted by Gasteiger charge is -2.10. The third-order valence-corrected chi connectivity index (χ3v) is 6.44. The van der Waals surface area contributed by atoms with E-state index in [9.17, 15) is 9.59 Å². The summed E-state index contributed by atoms with van der Waals surface area (Å²) in [6.45, 7) is 2.43. The number of thiophene rings is 1. The Labute approximate surface area is 169 Å². The predicted octanol–water partition coefficient (Wildman–Crippen LogP) is 4.76. The van der Waals surface area contributed by atoms with Gasteiger partial charge in [0.05, 0.1) is 35.0 Å². The second kappa shape index (κ2) is 9.68. The van der Waals surface area contributed by atoms with E-state index in [1.165, 1.54) is 34.4 Å². The monoisotopic (exact) mass is 418 g/mol. The highest BCUT2D eigenvalue weighted by molar-refractivity contribution is 8.01. The van der Waals surface area contributed by atoms with Gasteiger partial charge < -0.3 is 10.1 Å². The molecule has 140 valence electrons. The van der Waals surface area contributed by atoms with Gasteiger partial charge >= 0.3 is 0 Å². The molecule has 0 saturated carbocycles. The summed E-state index contributed by atoms with van der Waals surface area (Å²) < 4.78 is 6.30. The minimum absolute atomic E-state index is 0.0945. The molecule has 0 spiro atoms. The fraction of sp³-hybridized carbons (Fsp3) is 0.211. The average molecular weight is 419 g/mol. The van der Waals surface area contributed by atoms with Crippen molar-refractivity contribution in [3.63, 3.8) is 0 Å². The molecule has 3 rings (SSSR count). The number of hydrogen-bond acceptors (Lipinski definition) is 7. The van der Waals surface area contributed by atoms with Crippen LogP contribution in [0.4, 0.5) is 5.69 Å². The summed E-state index contributed by atoms with van der Waals surface area (Å²) in [5.74, 6) is 0.937. The van der Waals surface area contributed by atoms with Gasteiger partial charge in [0.1, 0.15) is 5.75 Å². The van der Waals surface area contributed by atoms with Crippen LogP contribution in [0.1, 0.15) is 22.3 Å². The fourth-order valence-corrected chi connectivity index (χ4v) is 4.77. The number of amides is 1. The minimum Gasteiger partial charge on any atom is -0.492 e. The summed E-state index contributed by atoms with van der Waals surface area (Å²) in [5, 5.41) is 6.61. The van der Waals surface area contributed by atoms with E-state index in [1.54, 1.807) is 6.07 Å². The van der Waals surface area contributed by atoms with Gasteiger partial charge in [-0.15, -0.1) is 22.7 Å². The zero-order chi connectivity index (χ0) is 19.1. The quantitative estimate of drug-likeness (QED) is 0.401. The van der Waals surface area contributed by atoms with Crippen molar-refractivity contribution < 1.29 is 14.3 Å². The van der Waals surface area contributed by atoms with E-state index >= 15 is 0 Å². The number of Topliss-reactive ketones (excluding diaryl/α,β-unsaturated/α-hetero) is 1. The number of nitrogens with one attached hydrogen (secondary N) is 1. The molecule has 0 unspecified atom stereocenters. The molecule has 1 N–H and O–H groups in total. The largest absolute Gasteiger partial charge is 0.492 e. The summed E-state index contributed by atoms with van der Waals surface area (Å²) in [5.41, 5.74) is 1.34. The molecule has 1 aromatic carbocycles. The van der Waals surface area contributed by atoms with Crippen LogP contribution in [0.2, 0.25) is 0 Å². The number of carbonyl (C=O) groups excluding carboxylic acids is 2. The van der Waals surface area contributed by atoms with Crippen LogP contribution in [0, 0.1) is 0 Å². The van der Waals surface area contributed by atoms with Gasteiger partial charge in [-0.1, -0.05) is 30.0 Å². The Hall–Kier alpha value is -2.16. The Morgan fingerprint density at radius 2 is 2.04 bits per heavy atom. The number of benzene rings is 1. The van der Waals surface area contributed by atoms with Gasteiger partial charge in [0.15, 0.2) is 10.1 Å². The lowest BCUT2D eigenvalue weighted by Crippen LogP contribution is -2.15. The van der Waals surface area contributed by atoms with E-state index in [0.717, 1.165) is 9.22 Å². The lowest BCUT2D eigenvalue weighted by atomic mass is 10.2. The van der Waals surface area contributed by atoms with E-state index in [0.29, 0.717) is 29.5 Å².